The monoisotopic (exact) mass is 430 g/mol. The average molecular weight is 431 g/mol. The van der Waals surface area contributed by atoms with Gasteiger partial charge in [-0.1, -0.05) is 30.3 Å². The standard InChI is InChI=1S/C26H26N2O4/c1-18-10-13-21(17-24(18)28-25(29)19-11-12-19)27-26(30)20-6-5-9-23(16-20)32-15-14-31-22-7-3-2-4-8-22/h2-10,13,16-17,19H,11-12,14-15H2,1H3,(H,27,30)(H,28,29). The van der Waals surface area contributed by atoms with E-state index >= 15 is 0 Å². The molecule has 0 spiro atoms. The van der Waals surface area contributed by atoms with E-state index in [4.69, 9.17) is 9.47 Å². The van der Waals surface area contributed by atoms with Crippen molar-refractivity contribution >= 4 is 23.2 Å². The summed E-state index contributed by atoms with van der Waals surface area (Å²) in [5, 5.41) is 5.84. The van der Waals surface area contributed by atoms with Gasteiger partial charge in [0.1, 0.15) is 24.7 Å². The van der Waals surface area contributed by atoms with Gasteiger partial charge in [-0.2, -0.15) is 0 Å². The van der Waals surface area contributed by atoms with E-state index < -0.39 is 0 Å². The molecule has 164 valence electrons. The van der Waals surface area contributed by atoms with E-state index in [1.807, 2.05) is 49.4 Å². The highest BCUT2D eigenvalue weighted by Gasteiger charge is 2.29. The van der Waals surface area contributed by atoms with Gasteiger partial charge < -0.3 is 20.1 Å². The van der Waals surface area contributed by atoms with Crippen LogP contribution in [0.4, 0.5) is 11.4 Å². The number of anilines is 2. The Kier molecular flexibility index (Phi) is 6.70. The second-order valence-electron chi connectivity index (χ2n) is 7.79. The number of rotatable bonds is 9. The summed E-state index contributed by atoms with van der Waals surface area (Å²) in [4.78, 5) is 24.8. The van der Waals surface area contributed by atoms with Gasteiger partial charge in [0, 0.05) is 22.9 Å². The maximum absolute atomic E-state index is 12.7. The lowest BCUT2D eigenvalue weighted by molar-refractivity contribution is -0.117. The summed E-state index contributed by atoms with van der Waals surface area (Å²) in [7, 11) is 0. The fourth-order valence-electron chi connectivity index (χ4n) is 3.18. The van der Waals surface area contributed by atoms with Gasteiger partial charge >= 0.3 is 0 Å². The molecule has 0 aliphatic heterocycles. The van der Waals surface area contributed by atoms with Crippen LogP contribution in [-0.4, -0.2) is 25.0 Å². The third-order valence-electron chi connectivity index (χ3n) is 5.16. The molecule has 0 unspecified atom stereocenters. The number of hydrogen-bond donors (Lipinski definition) is 2. The van der Waals surface area contributed by atoms with Crippen LogP contribution < -0.4 is 20.1 Å². The molecule has 4 rings (SSSR count). The third-order valence-corrected chi connectivity index (χ3v) is 5.16. The number of para-hydroxylation sites is 1. The number of carbonyl (C=O) groups is 2. The number of amides is 2. The maximum Gasteiger partial charge on any atom is 0.255 e. The van der Waals surface area contributed by atoms with Gasteiger partial charge in [0.2, 0.25) is 5.91 Å². The summed E-state index contributed by atoms with van der Waals surface area (Å²) in [5.41, 5.74) is 2.77. The summed E-state index contributed by atoms with van der Waals surface area (Å²) in [6.07, 6.45) is 1.89. The zero-order valence-corrected chi connectivity index (χ0v) is 18.0. The van der Waals surface area contributed by atoms with Gasteiger partial charge in [0.15, 0.2) is 0 Å². The Balaban J connectivity index is 1.32. The SMILES string of the molecule is Cc1ccc(NC(=O)c2cccc(OCCOc3ccccc3)c2)cc1NC(=O)C1CC1. The second kappa shape index (κ2) is 10.0. The Labute approximate surface area is 187 Å². The zero-order valence-electron chi connectivity index (χ0n) is 18.0. The topological polar surface area (TPSA) is 76.7 Å². The van der Waals surface area contributed by atoms with Crippen molar-refractivity contribution in [2.45, 2.75) is 19.8 Å². The lowest BCUT2D eigenvalue weighted by atomic mass is 10.1. The smallest absolute Gasteiger partial charge is 0.255 e. The minimum atomic E-state index is -0.251. The molecule has 0 atom stereocenters. The number of benzene rings is 3. The number of ether oxygens (including phenoxy) is 2. The van der Waals surface area contributed by atoms with Crippen LogP contribution in [0.25, 0.3) is 0 Å². The van der Waals surface area contributed by atoms with E-state index in [9.17, 15) is 9.59 Å². The summed E-state index contributed by atoms with van der Waals surface area (Å²) < 4.78 is 11.3. The lowest BCUT2D eigenvalue weighted by Crippen LogP contribution is -2.16. The molecule has 1 aliphatic carbocycles. The number of aryl methyl sites for hydroxylation is 1. The van der Waals surface area contributed by atoms with Gasteiger partial charge in [0.05, 0.1) is 0 Å². The van der Waals surface area contributed by atoms with E-state index in [1.165, 1.54) is 0 Å². The van der Waals surface area contributed by atoms with Gasteiger partial charge in [-0.05, 0) is 67.8 Å². The van der Waals surface area contributed by atoms with Crippen molar-refractivity contribution in [3.63, 3.8) is 0 Å². The molecule has 6 nitrogen and oxygen atoms in total. The summed E-state index contributed by atoms with van der Waals surface area (Å²) in [6.45, 7) is 2.69. The zero-order chi connectivity index (χ0) is 22.3. The Bertz CT molecular complexity index is 1090. The second-order valence-corrected chi connectivity index (χ2v) is 7.79. The average Bonchev–Trinajstić information content (AvgIpc) is 3.65. The molecule has 0 bridgehead atoms. The van der Waals surface area contributed by atoms with Crippen molar-refractivity contribution in [2.24, 2.45) is 5.92 Å². The van der Waals surface area contributed by atoms with E-state index in [0.717, 1.165) is 29.8 Å². The molecule has 0 radical (unpaired) electrons. The van der Waals surface area contributed by atoms with Crippen molar-refractivity contribution in [1.29, 1.82) is 0 Å². The fourth-order valence-corrected chi connectivity index (χ4v) is 3.18. The highest BCUT2D eigenvalue weighted by Crippen LogP contribution is 2.31. The van der Waals surface area contributed by atoms with Crippen molar-refractivity contribution in [2.75, 3.05) is 23.8 Å². The lowest BCUT2D eigenvalue weighted by Gasteiger charge is -2.12. The first-order chi connectivity index (χ1) is 15.6. The Morgan fingerprint density at radius 2 is 1.56 bits per heavy atom. The molecule has 2 amide bonds. The van der Waals surface area contributed by atoms with Crippen LogP contribution in [-0.2, 0) is 4.79 Å². The predicted octanol–water partition coefficient (Wildman–Crippen LogP) is 5.05. The first-order valence-electron chi connectivity index (χ1n) is 10.7. The van der Waals surface area contributed by atoms with E-state index in [2.05, 4.69) is 10.6 Å². The van der Waals surface area contributed by atoms with E-state index in [-0.39, 0.29) is 17.7 Å². The van der Waals surface area contributed by atoms with Gasteiger partial charge in [-0.3, -0.25) is 9.59 Å². The molecule has 3 aromatic rings. The number of nitrogens with one attached hydrogen (secondary N) is 2. The molecule has 0 heterocycles. The molecule has 0 saturated heterocycles. The highest BCUT2D eigenvalue weighted by molar-refractivity contribution is 6.05. The molecule has 1 saturated carbocycles. The molecule has 6 heteroatoms. The summed E-state index contributed by atoms with van der Waals surface area (Å²) >= 11 is 0. The molecular weight excluding hydrogens is 404 g/mol. The van der Waals surface area contributed by atoms with Crippen molar-refractivity contribution < 1.29 is 19.1 Å². The Morgan fingerprint density at radius 1 is 0.844 bits per heavy atom. The van der Waals surface area contributed by atoms with Gasteiger partial charge in [0.25, 0.3) is 5.91 Å². The summed E-state index contributed by atoms with van der Waals surface area (Å²) in [5.74, 6) is 1.29. The van der Waals surface area contributed by atoms with Crippen molar-refractivity contribution in [3.05, 3.63) is 83.9 Å². The van der Waals surface area contributed by atoms with Crippen molar-refractivity contribution in [1.82, 2.24) is 0 Å². The van der Waals surface area contributed by atoms with Crippen LogP contribution >= 0.6 is 0 Å². The van der Waals surface area contributed by atoms with Crippen LogP contribution in [0.15, 0.2) is 72.8 Å². The fraction of sp³-hybridized carbons (Fsp3) is 0.231. The van der Waals surface area contributed by atoms with Crippen LogP contribution in [0.1, 0.15) is 28.8 Å². The molecule has 1 aliphatic rings. The Morgan fingerprint density at radius 3 is 2.31 bits per heavy atom. The Hall–Kier alpha value is -3.80. The summed E-state index contributed by atoms with van der Waals surface area (Å²) in [6, 6.07) is 22.0. The van der Waals surface area contributed by atoms with E-state index in [0.29, 0.717) is 30.2 Å². The van der Waals surface area contributed by atoms with Gasteiger partial charge in [-0.25, -0.2) is 0 Å². The van der Waals surface area contributed by atoms with E-state index in [1.54, 1.807) is 30.3 Å². The molecule has 32 heavy (non-hydrogen) atoms. The van der Waals surface area contributed by atoms with Crippen LogP contribution in [0, 0.1) is 12.8 Å². The predicted molar refractivity (Wildman–Crippen MR) is 124 cm³/mol. The molecule has 2 N–H and O–H groups in total. The maximum atomic E-state index is 12.7. The first-order valence-corrected chi connectivity index (χ1v) is 10.7. The minimum absolute atomic E-state index is 0.0395. The molecule has 3 aromatic carbocycles. The normalized spacial score (nSPS) is 12.7. The van der Waals surface area contributed by atoms with Crippen LogP contribution in [0.2, 0.25) is 0 Å². The largest absolute Gasteiger partial charge is 0.490 e. The highest BCUT2D eigenvalue weighted by atomic mass is 16.5. The number of carbonyl (C=O) groups excluding carboxylic acids is 2. The quantitative estimate of drug-likeness (QED) is 0.466. The molecule has 0 aromatic heterocycles. The van der Waals surface area contributed by atoms with Crippen LogP contribution in [0.3, 0.4) is 0 Å². The molecule has 1 fully saturated rings. The third kappa shape index (κ3) is 5.88. The van der Waals surface area contributed by atoms with Crippen LogP contribution in [0.5, 0.6) is 11.5 Å². The van der Waals surface area contributed by atoms with Crippen molar-refractivity contribution in [3.8, 4) is 11.5 Å². The first kappa shape index (κ1) is 21.4. The van der Waals surface area contributed by atoms with Gasteiger partial charge in [-0.15, -0.1) is 0 Å². The minimum Gasteiger partial charge on any atom is -0.490 e. The number of hydrogen-bond acceptors (Lipinski definition) is 4. The molecular formula is C26H26N2O4.